The topological polar surface area (TPSA) is 30.7 Å². The van der Waals surface area contributed by atoms with Crippen molar-refractivity contribution in [2.45, 2.75) is 32.2 Å². The van der Waals surface area contributed by atoms with Crippen LogP contribution in [0.2, 0.25) is 0 Å². The summed E-state index contributed by atoms with van der Waals surface area (Å²) in [5.74, 6) is 0. The quantitative estimate of drug-likeness (QED) is 0.785. The molecule has 0 spiro atoms. The zero-order chi connectivity index (χ0) is 11.0. The molecule has 0 aromatic carbocycles. The molecule has 0 unspecified atom stereocenters. The van der Waals surface area contributed by atoms with Crippen LogP contribution in [-0.2, 0) is 6.42 Å². The Morgan fingerprint density at radius 3 is 2.94 bits per heavy atom. The van der Waals surface area contributed by atoms with Gasteiger partial charge in [0.2, 0.25) is 0 Å². The third-order valence-electron chi connectivity index (χ3n) is 3.00. The van der Waals surface area contributed by atoms with Crippen LogP contribution in [0.25, 0.3) is 11.3 Å². The Hall–Kier alpha value is -1.64. The number of aromatic nitrogens is 3. The van der Waals surface area contributed by atoms with Gasteiger partial charge in [-0.25, -0.2) is 0 Å². The van der Waals surface area contributed by atoms with Gasteiger partial charge in [0.15, 0.2) is 0 Å². The second-order valence-electron chi connectivity index (χ2n) is 4.29. The predicted molar refractivity (Wildman–Crippen MR) is 63.1 cm³/mol. The van der Waals surface area contributed by atoms with Crippen LogP contribution in [-0.4, -0.2) is 14.8 Å². The number of nitrogens with zero attached hydrogens (tertiary/aromatic N) is 3. The van der Waals surface area contributed by atoms with Crippen LogP contribution < -0.4 is 0 Å². The molecule has 0 bridgehead atoms. The minimum absolute atomic E-state index is 0.621. The molecular formula is C13H15N3. The van der Waals surface area contributed by atoms with Crippen molar-refractivity contribution < 1.29 is 0 Å². The maximum absolute atomic E-state index is 4.66. The van der Waals surface area contributed by atoms with Crippen LogP contribution in [0.15, 0.2) is 30.6 Å². The lowest BCUT2D eigenvalue weighted by atomic mass is 10.2. The Morgan fingerprint density at radius 2 is 2.31 bits per heavy atom. The van der Waals surface area contributed by atoms with Gasteiger partial charge in [0, 0.05) is 18.0 Å². The second kappa shape index (κ2) is 3.74. The first kappa shape index (κ1) is 9.58. The highest BCUT2D eigenvalue weighted by Crippen LogP contribution is 2.38. The fourth-order valence-electron chi connectivity index (χ4n) is 1.95. The van der Waals surface area contributed by atoms with Crippen molar-refractivity contribution >= 4 is 0 Å². The molecular weight excluding hydrogens is 198 g/mol. The molecule has 1 aliphatic carbocycles. The van der Waals surface area contributed by atoms with Crippen LogP contribution in [0.1, 0.15) is 31.5 Å². The molecule has 2 aromatic rings. The van der Waals surface area contributed by atoms with E-state index in [0.717, 1.165) is 6.42 Å². The van der Waals surface area contributed by atoms with E-state index in [0.29, 0.717) is 6.04 Å². The van der Waals surface area contributed by atoms with Gasteiger partial charge in [-0.1, -0.05) is 6.92 Å². The van der Waals surface area contributed by atoms with E-state index in [-0.39, 0.29) is 0 Å². The molecule has 0 atom stereocenters. The van der Waals surface area contributed by atoms with Crippen LogP contribution in [0.4, 0.5) is 0 Å². The van der Waals surface area contributed by atoms with Gasteiger partial charge in [-0.05, 0) is 37.5 Å². The lowest BCUT2D eigenvalue weighted by molar-refractivity contribution is 0.637. The van der Waals surface area contributed by atoms with E-state index in [9.17, 15) is 0 Å². The average Bonchev–Trinajstić information content (AvgIpc) is 3.10. The molecule has 82 valence electrons. The maximum atomic E-state index is 4.66. The Labute approximate surface area is 95.1 Å². The highest BCUT2D eigenvalue weighted by atomic mass is 15.3. The third-order valence-corrected chi connectivity index (χ3v) is 3.00. The summed E-state index contributed by atoms with van der Waals surface area (Å²) in [6, 6.07) is 6.89. The number of hydrogen-bond acceptors (Lipinski definition) is 2. The van der Waals surface area contributed by atoms with Crippen molar-refractivity contribution in [2.24, 2.45) is 0 Å². The zero-order valence-electron chi connectivity index (χ0n) is 9.43. The molecule has 1 aliphatic rings. The molecule has 0 radical (unpaired) electrons. The fraction of sp³-hybridized carbons (Fsp3) is 0.385. The van der Waals surface area contributed by atoms with E-state index in [1.54, 1.807) is 0 Å². The normalized spacial score (nSPS) is 15.3. The maximum Gasteiger partial charge on any atom is 0.0703 e. The summed E-state index contributed by atoms with van der Waals surface area (Å²) >= 11 is 0. The lowest BCUT2D eigenvalue weighted by Gasteiger charge is -2.04. The van der Waals surface area contributed by atoms with Gasteiger partial charge in [-0.15, -0.1) is 0 Å². The van der Waals surface area contributed by atoms with Crippen LogP contribution >= 0.6 is 0 Å². The van der Waals surface area contributed by atoms with Crippen molar-refractivity contribution in [1.82, 2.24) is 14.8 Å². The average molecular weight is 213 g/mol. The lowest BCUT2D eigenvalue weighted by Crippen LogP contribution is -1.99. The van der Waals surface area contributed by atoms with E-state index in [2.05, 4.69) is 33.8 Å². The Morgan fingerprint density at radius 1 is 1.44 bits per heavy atom. The SMILES string of the molecule is CCc1cc(-c2cccnc2)n(C2CC2)n1. The molecule has 0 N–H and O–H groups in total. The smallest absolute Gasteiger partial charge is 0.0703 e. The van der Waals surface area contributed by atoms with Crippen molar-refractivity contribution in [3.63, 3.8) is 0 Å². The number of rotatable bonds is 3. The minimum atomic E-state index is 0.621. The molecule has 3 rings (SSSR count). The minimum Gasteiger partial charge on any atom is -0.264 e. The highest BCUT2D eigenvalue weighted by molar-refractivity contribution is 5.59. The molecule has 3 nitrogen and oxygen atoms in total. The fourth-order valence-corrected chi connectivity index (χ4v) is 1.95. The molecule has 2 heterocycles. The standard InChI is InChI=1S/C13H15N3/c1-2-11-8-13(10-4-3-7-14-9-10)16(15-11)12-5-6-12/h3-4,7-9,12H,2,5-6H2,1H3. The van der Waals surface area contributed by atoms with E-state index in [1.165, 1.54) is 29.8 Å². The summed E-state index contributed by atoms with van der Waals surface area (Å²) in [5.41, 5.74) is 3.56. The molecule has 0 amide bonds. The van der Waals surface area contributed by atoms with Crippen LogP contribution in [0.3, 0.4) is 0 Å². The summed E-state index contributed by atoms with van der Waals surface area (Å²) in [6.07, 6.45) is 7.24. The van der Waals surface area contributed by atoms with Gasteiger partial charge in [-0.3, -0.25) is 9.67 Å². The number of aryl methyl sites for hydroxylation is 1. The zero-order valence-corrected chi connectivity index (χ0v) is 9.43. The molecule has 2 aromatic heterocycles. The number of hydrogen-bond donors (Lipinski definition) is 0. The molecule has 0 saturated heterocycles. The first-order chi connectivity index (χ1) is 7.88. The van der Waals surface area contributed by atoms with E-state index >= 15 is 0 Å². The van der Waals surface area contributed by atoms with Crippen LogP contribution in [0, 0.1) is 0 Å². The van der Waals surface area contributed by atoms with Crippen molar-refractivity contribution in [3.8, 4) is 11.3 Å². The van der Waals surface area contributed by atoms with Crippen LogP contribution in [0.5, 0.6) is 0 Å². The third kappa shape index (κ3) is 1.62. The largest absolute Gasteiger partial charge is 0.264 e. The molecule has 1 saturated carbocycles. The van der Waals surface area contributed by atoms with E-state index < -0.39 is 0 Å². The Balaban J connectivity index is 2.08. The van der Waals surface area contributed by atoms with Gasteiger partial charge in [0.05, 0.1) is 17.4 Å². The first-order valence-electron chi connectivity index (χ1n) is 5.87. The highest BCUT2D eigenvalue weighted by Gasteiger charge is 2.27. The molecule has 0 aliphatic heterocycles. The summed E-state index contributed by atoms with van der Waals surface area (Å²) in [6.45, 7) is 2.15. The van der Waals surface area contributed by atoms with Gasteiger partial charge in [0.25, 0.3) is 0 Å². The van der Waals surface area contributed by atoms with E-state index in [4.69, 9.17) is 0 Å². The molecule has 16 heavy (non-hydrogen) atoms. The van der Waals surface area contributed by atoms with Gasteiger partial charge < -0.3 is 0 Å². The van der Waals surface area contributed by atoms with Crippen molar-refractivity contribution in [3.05, 3.63) is 36.3 Å². The number of pyridine rings is 1. The summed E-state index contributed by atoms with van der Waals surface area (Å²) in [7, 11) is 0. The van der Waals surface area contributed by atoms with Crippen molar-refractivity contribution in [2.75, 3.05) is 0 Å². The van der Waals surface area contributed by atoms with Gasteiger partial charge in [0.1, 0.15) is 0 Å². The van der Waals surface area contributed by atoms with Gasteiger partial charge >= 0.3 is 0 Å². The molecule has 3 heteroatoms. The van der Waals surface area contributed by atoms with Crippen molar-refractivity contribution in [1.29, 1.82) is 0 Å². The summed E-state index contributed by atoms with van der Waals surface area (Å²) in [4.78, 5) is 4.18. The summed E-state index contributed by atoms with van der Waals surface area (Å²) < 4.78 is 2.18. The predicted octanol–water partition coefficient (Wildman–Crippen LogP) is 2.84. The van der Waals surface area contributed by atoms with E-state index in [1.807, 2.05) is 18.5 Å². The Kier molecular flexibility index (Phi) is 2.24. The van der Waals surface area contributed by atoms with Gasteiger partial charge in [-0.2, -0.15) is 5.10 Å². The second-order valence-corrected chi connectivity index (χ2v) is 4.29. The Bertz CT molecular complexity index is 483. The first-order valence-corrected chi connectivity index (χ1v) is 5.87. The molecule has 1 fully saturated rings. The summed E-state index contributed by atoms with van der Waals surface area (Å²) in [5, 5.41) is 4.66. The monoisotopic (exact) mass is 213 g/mol.